The van der Waals surface area contributed by atoms with Gasteiger partial charge in [-0.25, -0.2) is 13.4 Å². The highest BCUT2D eigenvalue weighted by Gasteiger charge is 2.17. The molecule has 0 aliphatic rings. The molecule has 0 amide bonds. The van der Waals surface area contributed by atoms with Crippen LogP contribution in [0, 0.1) is 0 Å². The Morgan fingerprint density at radius 1 is 1.24 bits per heavy atom. The number of rotatable bonds is 5. The quantitative estimate of drug-likeness (QED) is 0.882. The summed E-state index contributed by atoms with van der Waals surface area (Å²) < 4.78 is 32.3. The zero-order valence-electron chi connectivity index (χ0n) is 11.4. The number of aromatic nitrogens is 1. The number of methoxy groups -OCH3 is 1. The third-order valence-corrected chi connectivity index (χ3v) is 4.30. The number of sulfonamides is 1. The average molecular weight is 328 g/mol. The van der Waals surface area contributed by atoms with Gasteiger partial charge in [-0.1, -0.05) is 11.6 Å². The van der Waals surface area contributed by atoms with Crippen LogP contribution >= 0.6 is 11.6 Å². The molecule has 0 radical (unpaired) electrons. The number of hydrogen-bond acceptors (Lipinski definition) is 5. The van der Waals surface area contributed by atoms with Crippen LogP contribution in [-0.2, 0) is 10.0 Å². The first-order valence-corrected chi connectivity index (χ1v) is 7.82. The van der Waals surface area contributed by atoms with E-state index < -0.39 is 10.0 Å². The lowest BCUT2D eigenvalue weighted by atomic mass is 10.3. The third kappa shape index (κ3) is 3.56. The number of benzene rings is 1. The summed E-state index contributed by atoms with van der Waals surface area (Å²) in [5.41, 5.74) is 0.271. The molecule has 0 atom stereocenters. The summed E-state index contributed by atoms with van der Waals surface area (Å²) in [6.07, 6.45) is 1.41. The van der Waals surface area contributed by atoms with Gasteiger partial charge in [0.25, 0.3) is 10.0 Å². The molecule has 6 nitrogen and oxygen atoms in total. The minimum absolute atomic E-state index is 0.0869. The van der Waals surface area contributed by atoms with Crippen LogP contribution < -0.4 is 14.8 Å². The molecule has 1 aromatic carbocycles. The maximum absolute atomic E-state index is 12.4. The molecule has 0 saturated carbocycles. The van der Waals surface area contributed by atoms with Gasteiger partial charge in [-0.05, 0) is 24.3 Å². The van der Waals surface area contributed by atoms with E-state index in [2.05, 4.69) is 15.0 Å². The van der Waals surface area contributed by atoms with Gasteiger partial charge < -0.3 is 10.1 Å². The predicted molar refractivity (Wildman–Crippen MR) is 82.6 cm³/mol. The van der Waals surface area contributed by atoms with Crippen molar-refractivity contribution in [3.63, 3.8) is 0 Å². The van der Waals surface area contributed by atoms with E-state index in [1.807, 2.05) is 0 Å². The lowest BCUT2D eigenvalue weighted by Crippen LogP contribution is -2.14. The summed E-state index contributed by atoms with van der Waals surface area (Å²) in [5, 5.41) is 3.19. The van der Waals surface area contributed by atoms with Crippen molar-refractivity contribution in [2.24, 2.45) is 0 Å². The Labute approximate surface area is 128 Å². The molecular weight excluding hydrogens is 314 g/mol. The van der Waals surface area contributed by atoms with Gasteiger partial charge in [-0.3, -0.25) is 4.72 Å². The first-order chi connectivity index (χ1) is 9.96. The molecule has 8 heteroatoms. The van der Waals surface area contributed by atoms with Gasteiger partial charge in [0.15, 0.2) is 0 Å². The van der Waals surface area contributed by atoms with Crippen molar-refractivity contribution in [3.05, 3.63) is 41.6 Å². The van der Waals surface area contributed by atoms with E-state index in [1.54, 1.807) is 19.2 Å². The van der Waals surface area contributed by atoms with Crippen molar-refractivity contribution in [2.75, 3.05) is 24.2 Å². The minimum Gasteiger partial charge on any atom is -0.495 e. The summed E-state index contributed by atoms with van der Waals surface area (Å²) in [4.78, 5) is 4.06. The van der Waals surface area contributed by atoms with Crippen LogP contribution in [0.2, 0.25) is 5.02 Å². The van der Waals surface area contributed by atoms with Crippen LogP contribution in [-0.4, -0.2) is 27.6 Å². The number of hydrogen-bond donors (Lipinski definition) is 2. The highest BCUT2D eigenvalue weighted by Crippen LogP contribution is 2.29. The van der Waals surface area contributed by atoms with Crippen molar-refractivity contribution in [2.45, 2.75) is 4.90 Å². The first kappa shape index (κ1) is 15.4. The highest BCUT2D eigenvalue weighted by molar-refractivity contribution is 7.92. The Morgan fingerprint density at radius 2 is 2.00 bits per heavy atom. The lowest BCUT2D eigenvalue weighted by Gasteiger charge is -2.12. The number of ether oxygens (including phenoxy) is 1. The number of pyridine rings is 1. The summed E-state index contributed by atoms with van der Waals surface area (Å²) in [6, 6.07) is 7.52. The van der Waals surface area contributed by atoms with Crippen LogP contribution in [0.3, 0.4) is 0 Å². The predicted octanol–water partition coefficient (Wildman–Crippen LogP) is 2.59. The van der Waals surface area contributed by atoms with Crippen LogP contribution in [0.4, 0.5) is 11.5 Å². The number of anilines is 2. The Bertz CT molecular complexity index is 750. The SMILES string of the molecule is CNc1cc(S(=O)(=O)Nc2cc(Cl)ccc2OC)ccn1. The summed E-state index contributed by atoms with van der Waals surface area (Å²) >= 11 is 5.89. The van der Waals surface area contributed by atoms with E-state index in [-0.39, 0.29) is 10.6 Å². The number of nitrogens with zero attached hydrogens (tertiary/aromatic N) is 1. The smallest absolute Gasteiger partial charge is 0.262 e. The second-order valence-electron chi connectivity index (χ2n) is 4.08. The summed E-state index contributed by atoms with van der Waals surface area (Å²) in [5.74, 6) is 0.835. The molecule has 2 aromatic rings. The maximum Gasteiger partial charge on any atom is 0.262 e. The van der Waals surface area contributed by atoms with Crippen molar-refractivity contribution in [1.29, 1.82) is 0 Å². The van der Waals surface area contributed by atoms with Crippen LogP contribution in [0.5, 0.6) is 5.75 Å². The van der Waals surface area contributed by atoms with Crippen LogP contribution in [0.15, 0.2) is 41.4 Å². The molecule has 112 valence electrons. The molecule has 2 rings (SSSR count). The molecule has 0 spiro atoms. The summed E-state index contributed by atoms with van der Waals surface area (Å²) in [7, 11) is -0.654. The monoisotopic (exact) mass is 327 g/mol. The fraction of sp³-hybridized carbons (Fsp3) is 0.154. The zero-order chi connectivity index (χ0) is 15.5. The normalized spacial score (nSPS) is 11.0. The molecular formula is C13H14ClN3O3S. The van der Waals surface area contributed by atoms with Gasteiger partial charge >= 0.3 is 0 Å². The fourth-order valence-electron chi connectivity index (χ4n) is 1.68. The molecule has 0 bridgehead atoms. The third-order valence-electron chi connectivity index (χ3n) is 2.70. The van der Waals surface area contributed by atoms with Crippen molar-refractivity contribution >= 4 is 33.1 Å². The molecule has 0 aliphatic carbocycles. The summed E-state index contributed by atoms with van der Waals surface area (Å²) in [6.45, 7) is 0. The Hall–Kier alpha value is -1.99. The topological polar surface area (TPSA) is 80.3 Å². The van der Waals surface area contributed by atoms with E-state index in [1.165, 1.54) is 31.5 Å². The van der Waals surface area contributed by atoms with Gasteiger partial charge in [0.2, 0.25) is 0 Å². The standard InChI is InChI=1S/C13H14ClN3O3S/c1-15-13-8-10(5-6-16-13)21(18,19)17-11-7-9(14)3-4-12(11)20-2/h3-8,17H,1-2H3,(H,15,16). The van der Waals surface area contributed by atoms with Gasteiger partial charge in [-0.2, -0.15) is 0 Å². The van der Waals surface area contributed by atoms with E-state index in [0.717, 1.165) is 0 Å². The van der Waals surface area contributed by atoms with E-state index >= 15 is 0 Å². The van der Waals surface area contributed by atoms with E-state index in [9.17, 15) is 8.42 Å². The molecule has 0 saturated heterocycles. The second-order valence-corrected chi connectivity index (χ2v) is 6.20. The van der Waals surface area contributed by atoms with Crippen molar-refractivity contribution in [1.82, 2.24) is 4.98 Å². The molecule has 0 aliphatic heterocycles. The van der Waals surface area contributed by atoms with Crippen LogP contribution in [0.25, 0.3) is 0 Å². The highest BCUT2D eigenvalue weighted by atomic mass is 35.5. The van der Waals surface area contributed by atoms with E-state index in [4.69, 9.17) is 16.3 Å². The Morgan fingerprint density at radius 3 is 2.67 bits per heavy atom. The van der Waals surface area contributed by atoms with E-state index in [0.29, 0.717) is 16.6 Å². The zero-order valence-corrected chi connectivity index (χ0v) is 13.0. The van der Waals surface area contributed by atoms with Crippen molar-refractivity contribution in [3.8, 4) is 5.75 Å². The fourth-order valence-corrected chi connectivity index (χ4v) is 2.92. The molecule has 21 heavy (non-hydrogen) atoms. The molecule has 1 heterocycles. The Balaban J connectivity index is 2.39. The Kier molecular flexibility index (Phi) is 4.54. The van der Waals surface area contributed by atoms with Gasteiger partial charge in [0, 0.05) is 24.3 Å². The molecule has 0 unspecified atom stereocenters. The second kappa shape index (κ2) is 6.19. The number of halogens is 1. The van der Waals surface area contributed by atoms with Crippen LogP contribution in [0.1, 0.15) is 0 Å². The molecule has 1 aromatic heterocycles. The number of nitrogens with one attached hydrogen (secondary N) is 2. The van der Waals surface area contributed by atoms with Gasteiger partial charge in [0.05, 0.1) is 17.7 Å². The lowest BCUT2D eigenvalue weighted by molar-refractivity contribution is 0.417. The largest absolute Gasteiger partial charge is 0.495 e. The van der Waals surface area contributed by atoms with Gasteiger partial charge in [-0.15, -0.1) is 0 Å². The molecule has 2 N–H and O–H groups in total. The van der Waals surface area contributed by atoms with Gasteiger partial charge in [0.1, 0.15) is 11.6 Å². The van der Waals surface area contributed by atoms with Crippen molar-refractivity contribution < 1.29 is 13.2 Å². The first-order valence-electron chi connectivity index (χ1n) is 5.96. The maximum atomic E-state index is 12.4. The average Bonchev–Trinajstić information content (AvgIpc) is 2.47. The minimum atomic E-state index is -3.76. The molecule has 0 fully saturated rings.